The normalized spacial score (nSPS) is 23.1. The van der Waals surface area contributed by atoms with E-state index in [-0.39, 0.29) is 6.10 Å². The Hall–Kier alpha value is -1.06. The molecule has 0 fully saturated rings. The van der Waals surface area contributed by atoms with Crippen molar-refractivity contribution in [3.63, 3.8) is 0 Å². The number of hydrogen-bond donors (Lipinski definition) is 2. The molecule has 0 radical (unpaired) electrons. The molecule has 0 spiro atoms. The van der Waals surface area contributed by atoms with Crippen LogP contribution in [-0.2, 0) is 0 Å². The molecule has 0 bridgehead atoms. The zero-order chi connectivity index (χ0) is 12.5. The van der Waals surface area contributed by atoms with E-state index in [0.29, 0.717) is 6.54 Å². The Kier molecular flexibility index (Phi) is 3.40. The molecule has 0 aliphatic carbocycles. The molecule has 0 aromatic heterocycles. The molecule has 1 aliphatic heterocycles. The quantitative estimate of drug-likeness (QED) is 0.843. The SMILES string of the molecule is CCC(C)(O)CN1CCC(O)c2ccccc21. The van der Waals surface area contributed by atoms with Gasteiger partial charge in [0.15, 0.2) is 0 Å². The van der Waals surface area contributed by atoms with E-state index in [1.807, 2.05) is 38.1 Å². The number of fused-ring (bicyclic) bond motifs is 1. The van der Waals surface area contributed by atoms with Crippen LogP contribution in [0.4, 0.5) is 5.69 Å². The summed E-state index contributed by atoms with van der Waals surface area (Å²) in [6.45, 7) is 5.27. The third kappa shape index (κ3) is 2.61. The van der Waals surface area contributed by atoms with Gasteiger partial charge in [-0.1, -0.05) is 25.1 Å². The topological polar surface area (TPSA) is 43.7 Å². The van der Waals surface area contributed by atoms with Crippen LogP contribution >= 0.6 is 0 Å². The first-order valence-electron chi connectivity index (χ1n) is 6.28. The van der Waals surface area contributed by atoms with Crippen molar-refractivity contribution in [3.05, 3.63) is 29.8 Å². The minimum atomic E-state index is -0.671. The second-order valence-electron chi connectivity index (χ2n) is 5.14. The second-order valence-corrected chi connectivity index (χ2v) is 5.14. The van der Waals surface area contributed by atoms with E-state index in [1.165, 1.54) is 0 Å². The van der Waals surface area contributed by atoms with Gasteiger partial charge in [-0.2, -0.15) is 0 Å². The molecule has 0 saturated heterocycles. The first kappa shape index (κ1) is 12.4. The summed E-state index contributed by atoms with van der Waals surface area (Å²) < 4.78 is 0. The van der Waals surface area contributed by atoms with Crippen molar-refractivity contribution in [1.82, 2.24) is 0 Å². The Morgan fingerprint density at radius 3 is 2.82 bits per heavy atom. The standard InChI is InChI=1S/C14H21NO2/c1-3-14(2,17)10-15-9-8-13(16)11-6-4-5-7-12(11)15/h4-7,13,16-17H,3,8-10H2,1-2H3. The van der Waals surface area contributed by atoms with Gasteiger partial charge in [0.25, 0.3) is 0 Å². The van der Waals surface area contributed by atoms with Crippen molar-refractivity contribution >= 4 is 5.69 Å². The molecule has 1 aromatic carbocycles. The van der Waals surface area contributed by atoms with Crippen molar-refractivity contribution in [3.8, 4) is 0 Å². The number of aliphatic hydroxyl groups excluding tert-OH is 1. The van der Waals surface area contributed by atoms with E-state index in [0.717, 1.165) is 30.6 Å². The first-order valence-corrected chi connectivity index (χ1v) is 6.28. The van der Waals surface area contributed by atoms with Gasteiger partial charge in [-0.3, -0.25) is 0 Å². The summed E-state index contributed by atoms with van der Waals surface area (Å²) in [6, 6.07) is 7.91. The zero-order valence-electron chi connectivity index (χ0n) is 10.6. The summed E-state index contributed by atoms with van der Waals surface area (Å²) in [4.78, 5) is 2.17. The number of β-amino-alcohol motifs (C(OH)–C–C–N with tert-alkyl or cyclic N) is 1. The highest BCUT2D eigenvalue weighted by Crippen LogP contribution is 2.34. The van der Waals surface area contributed by atoms with Gasteiger partial charge in [0.05, 0.1) is 11.7 Å². The molecule has 17 heavy (non-hydrogen) atoms. The lowest BCUT2D eigenvalue weighted by Crippen LogP contribution is -2.43. The lowest BCUT2D eigenvalue weighted by molar-refractivity contribution is 0.0607. The third-order valence-corrected chi connectivity index (χ3v) is 3.60. The fourth-order valence-corrected chi connectivity index (χ4v) is 2.30. The maximum atomic E-state index is 10.2. The molecule has 3 heteroatoms. The van der Waals surface area contributed by atoms with Gasteiger partial charge in [0, 0.05) is 24.3 Å². The largest absolute Gasteiger partial charge is 0.388 e. The van der Waals surface area contributed by atoms with Gasteiger partial charge in [-0.05, 0) is 25.8 Å². The van der Waals surface area contributed by atoms with Crippen molar-refractivity contribution in [2.24, 2.45) is 0 Å². The monoisotopic (exact) mass is 235 g/mol. The molecule has 1 aliphatic rings. The summed E-state index contributed by atoms with van der Waals surface area (Å²) in [5.41, 5.74) is 1.36. The van der Waals surface area contributed by atoms with Gasteiger partial charge in [-0.15, -0.1) is 0 Å². The Bertz CT molecular complexity index is 390. The van der Waals surface area contributed by atoms with E-state index in [1.54, 1.807) is 0 Å². The molecule has 2 N–H and O–H groups in total. The first-order chi connectivity index (χ1) is 8.03. The molecule has 2 atom stereocenters. The number of hydrogen-bond acceptors (Lipinski definition) is 3. The summed E-state index contributed by atoms with van der Waals surface area (Å²) in [5, 5.41) is 20.1. The smallest absolute Gasteiger partial charge is 0.0826 e. The lowest BCUT2D eigenvalue weighted by atomic mass is 9.96. The molecule has 0 saturated carbocycles. The summed E-state index contributed by atoms with van der Waals surface area (Å²) in [6.07, 6.45) is 1.10. The molecule has 3 nitrogen and oxygen atoms in total. The fourth-order valence-electron chi connectivity index (χ4n) is 2.30. The van der Waals surface area contributed by atoms with Crippen LogP contribution < -0.4 is 4.90 Å². The van der Waals surface area contributed by atoms with Crippen molar-refractivity contribution in [1.29, 1.82) is 0 Å². The van der Waals surface area contributed by atoms with Crippen LogP contribution in [0.25, 0.3) is 0 Å². The minimum Gasteiger partial charge on any atom is -0.388 e. The van der Waals surface area contributed by atoms with Gasteiger partial charge in [0.1, 0.15) is 0 Å². The Balaban J connectivity index is 2.24. The van der Waals surface area contributed by atoms with Gasteiger partial charge in [0.2, 0.25) is 0 Å². The molecular weight excluding hydrogens is 214 g/mol. The number of anilines is 1. The van der Waals surface area contributed by atoms with Crippen LogP contribution in [0.2, 0.25) is 0 Å². The van der Waals surface area contributed by atoms with Crippen LogP contribution in [0.3, 0.4) is 0 Å². The highest BCUT2D eigenvalue weighted by Gasteiger charge is 2.28. The van der Waals surface area contributed by atoms with Crippen LogP contribution in [0, 0.1) is 0 Å². The van der Waals surface area contributed by atoms with Gasteiger partial charge < -0.3 is 15.1 Å². The van der Waals surface area contributed by atoms with Crippen LogP contribution in [-0.4, -0.2) is 28.9 Å². The van der Waals surface area contributed by atoms with Crippen LogP contribution in [0.5, 0.6) is 0 Å². The van der Waals surface area contributed by atoms with Crippen molar-refractivity contribution in [2.75, 3.05) is 18.0 Å². The highest BCUT2D eigenvalue weighted by molar-refractivity contribution is 5.56. The van der Waals surface area contributed by atoms with Gasteiger partial charge >= 0.3 is 0 Å². The third-order valence-electron chi connectivity index (χ3n) is 3.60. The summed E-state index contributed by atoms with van der Waals surface area (Å²) >= 11 is 0. The number of aliphatic hydroxyl groups is 2. The maximum Gasteiger partial charge on any atom is 0.0826 e. The van der Waals surface area contributed by atoms with Crippen LogP contribution in [0.15, 0.2) is 24.3 Å². The summed E-state index contributed by atoms with van der Waals surface area (Å²) in [5.74, 6) is 0. The van der Waals surface area contributed by atoms with Crippen molar-refractivity contribution in [2.45, 2.75) is 38.4 Å². The molecule has 94 valence electrons. The number of nitrogens with zero attached hydrogens (tertiary/aromatic N) is 1. The number of rotatable bonds is 3. The Morgan fingerprint density at radius 1 is 1.41 bits per heavy atom. The second kappa shape index (κ2) is 4.67. The summed E-state index contributed by atoms with van der Waals surface area (Å²) in [7, 11) is 0. The molecule has 2 unspecified atom stereocenters. The Labute approximate surface area is 103 Å². The molecule has 1 heterocycles. The zero-order valence-corrected chi connectivity index (χ0v) is 10.6. The highest BCUT2D eigenvalue weighted by atomic mass is 16.3. The maximum absolute atomic E-state index is 10.2. The van der Waals surface area contributed by atoms with Crippen molar-refractivity contribution < 1.29 is 10.2 Å². The van der Waals surface area contributed by atoms with Crippen LogP contribution in [0.1, 0.15) is 38.4 Å². The molecule has 0 amide bonds. The predicted octanol–water partition coefficient (Wildman–Crippen LogP) is 2.09. The average molecular weight is 235 g/mol. The minimum absolute atomic E-state index is 0.367. The van der Waals surface area contributed by atoms with E-state index in [9.17, 15) is 10.2 Å². The van der Waals surface area contributed by atoms with E-state index >= 15 is 0 Å². The molecule has 2 rings (SSSR count). The van der Waals surface area contributed by atoms with E-state index < -0.39 is 5.60 Å². The van der Waals surface area contributed by atoms with E-state index in [2.05, 4.69) is 4.90 Å². The number of para-hydroxylation sites is 1. The average Bonchev–Trinajstić information content (AvgIpc) is 2.33. The molecule has 1 aromatic rings. The lowest BCUT2D eigenvalue weighted by Gasteiger charge is -2.38. The number of benzene rings is 1. The predicted molar refractivity (Wildman–Crippen MR) is 69.1 cm³/mol. The Morgan fingerprint density at radius 2 is 2.12 bits per heavy atom. The molecular formula is C14H21NO2. The van der Waals surface area contributed by atoms with Gasteiger partial charge in [-0.25, -0.2) is 0 Å². The fraction of sp³-hybridized carbons (Fsp3) is 0.571. The van der Waals surface area contributed by atoms with E-state index in [4.69, 9.17) is 0 Å².